The van der Waals surface area contributed by atoms with Crippen LogP contribution in [0.1, 0.15) is 221 Å². The molecule has 0 spiro atoms. The second-order valence-electron chi connectivity index (χ2n) is 17.2. The number of hydrogen-bond acceptors (Lipinski definition) is 8. The van der Waals surface area contributed by atoms with Gasteiger partial charge < -0.3 is 19.7 Å². The van der Waals surface area contributed by atoms with Crippen molar-refractivity contribution < 1.29 is 29.3 Å². The van der Waals surface area contributed by atoms with Crippen molar-refractivity contribution in [3.8, 4) is 0 Å². The van der Waals surface area contributed by atoms with Gasteiger partial charge in [0.05, 0.1) is 19.4 Å². The third kappa shape index (κ3) is 29.5. The van der Waals surface area contributed by atoms with E-state index in [0.717, 1.165) is 64.2 Å². The number of unbranched alkanes of at least 4 members (excludes halogenated alkanes) is 22. The number of allylic oxidation sites excluding steroid dienone is 4. The average molecular weight is 793 g/mol. The molecule has 0 aromatic heterocycles. The summed E-state index contributed by atoms with van der Waals surface area (Å²) in [4.78, 5) is 26.8. The number of carbonyl (C=O) groups is 2. The molecule has 8 nitrogen and oxygen atoms in total. The Labute approximate surface area is 346 Å². The van der Waals surface area contributed by atoms with Gasteiger partial charge in [0.2, 0.25) is 0 Å². The molecule has 0 aromatic rings. The van der Waals surface area contributed by atoms with Gasteiger partial charge in [0.1, 0.15) is 0 Å². The molecule has 330 valence electrons. The fraction of sp³-hybridized carbons (Fsp3) is 0.875. The smallest absolute Gasteiger partial charge is 0.306 e. The molecule has 0 rings (SSSR count). The lowest BCUT2D eigenvalue weighted by Crippen LogP contribution is -2.66. The van der Waals surface area contributed by atoms with Crippen molar-refractivity contribution in [1.29, 1.82) is 0 Å². The van der Waals surface area contributed by atoms with E-state index < -0.39 is 23.3 Å². The highest BCUT2D eigenvalue weighted by Gasteiger charge is 2.53. The zero-order valence-electron chi connectivity index (χ0n) is 37.6. The van der Waals surface area contributed by atoms with E-state index in [1.165, 1.54) is 103 Å². The SMILES string of the molecule is CCCCCCCC/C=C\CCCCCCCC(=O)OC(C(NCCO)NCCO)C(C)(OC(=O)CCCCCCC/C=C\CCCCCCCC)C(C)(C)C. The Balaban J connectivity index is 4.96. The van der Waals surface area contributed by atoms with Crippen LogP contribution in [0.3, 0.4) is 0 Å². The summed E-state index contributed by atoms with van der Waals surface area (Å²) in [6.07, 6.45) is 39.3. The molecule has 0 heterocycles. The van der Waals surface area contributed by atoms with Gasteiger partial charge in [-0.2, -0.15) is 0 Å². The maximum Gasteiger partial charge on any atom is 0.306 e. The van der Waals surface area contributed by atoms with Crippen LogP contribution in [-0.2, 0) is 19.1 Å². The molecule has 0 saturated heterocycles. The van der Waals surface area contributed by atoms with E-state index in [1.807, 2.05) is 27.7 Å². The van der Waals surface area contributed by atoms with E-state index in [9.17, 15) is 19.8 Å². The summed E-state index contributed by atoms with van der Waals surface area (Å²) in [5.41, 5.74) is -1.79. The van der Waals surface area contributed by atoms with Gasteiger partial charge in [-0.15, -0.1) is 0 Å². The fourth-order valence-corrected chi connectivity index (χ4v) is 7.03. The van der Waals surface area contributed by atoms with Crippen LogP contribution in [0.15, 0.2) is 24.3 Å². The number of nitrogens with one attached hydrogen (secondary N) is 2. The molecule has 0 radical (unpaired) electrons. The standard InChI is InChI=1S/C48H92N2O6/c1-7-9-11-13-15-17-19-21-23-25-27-29-31-33-35-37-43(53)55-45(46(49-39-41-51)50-40-42-52)48(6,47(3,4)5)56-44(54)38-36-34-32-30-28-26-24-22-20-18-16-14-12-10-8-2/h21-24,45-46,49-52H,7-20,25-42H2,1-6H3/b23-21-,24-22-. The van der Waals surface area contributed by atoms with Gasteiger partial charge in [-0.3, -0.25) is 20.2 Å². The van der Waals surface area contributed by atoms with Crippen molar-refractivity contribution in [2.45, 2.75) is 239 Å². The summed E-state index contributed by atoms with van der Waals surface area (Å²) in [6.45, 7) is 12.6. The number of aliphatic hydroxyl groups excluding tert-OH is 2. The Morgan fingerprint density at radius 2 is 0.857 bits per heavy atom. The lowest BCUT2D eigenvalue weighted by Gasteiger charge is -2.48. The second kappa shape index (κ2) is 37.5. The van der Waals surface area contributed by atoms with Crippen LogP contribution >= 0.6 is 0 Å². The third-order valence-electron chi connectivity index (χ3n) is 11.2. The van der Waals surface area contributed by atoms with Crippen molar-refractivity contribution in [3.05, 3.63) is 24.3 Å². The van der Waals surface area contributed by atoms with Gasteiger partial charge in [0.15, 0.2) is 11.7 Å². The summed E-state index contributed by atoms with van der Waals surface area (Å²) in [5, 5.41) is 25.7. The summed E-state index contributed by atoms with van der Waals surface area (Å²) in [7, 11) is 0. The molecule has 0 saturated carbocycles. The Morgan fingerprint density at radius 3 is 1.21 bits per heavy atom. The van der Waals surface area contributed by atoms with Gasteiger partial charge >= 0.3 is 11.9 Å². The first-order chi connectivity index (χ1) is 27.1. The van der Waals surface area contributed by atoms with E-state index in [0.29, 0.717) is 6.42 Å². The molecule has 0 amide bonds. The molecular weight excluding hydrogens is 701 g/mol. The van der Waals surface area contributed by atoms with Gasteiger partial charge in [-0.05, 0) is 71.1 Å². The van der Waals surface area contributed by atoms with Gasteiger partial charge in [0, 0.05) is 31.3 Å². The maximum atomic E-state index is 13.4. The van der Waals surface area contributed by atoms with Crippen LogP contribution in [0.2, 0.25) is 0 Å². The number of rotatable bonds is 40. The van der Waals surface area contributed by atoms with Gasteiger partial charge in [-0.1, -0.05) is 162 Å². The molecule has 4 N–H and O–H groups in total. The normalized spacial score (nSPS) is 13.9. The van der Waals surface area contributed by atoms with E-state index in [4.69, 9.17) is 9.47 Å². The summed E-state index contributed by atoms with van der Waals surface area (Å²) >= 11 is 0. The molecule has 2 unspecified atom stereocenters. The second-order valence-corrected chi connectivity index (χ2v) is 17.2. The number of esters is 2. The zero-order valence-corrected chi connectivity index (χ0v) is 37.6. The Morgan fingerprint density at radius 1 is 0.518 bits per heavy atom. The Kier molecular flexibility index (Phi) is 36.4. The summed E-state index contributed by atoms with van der Waals surface area (Å²) < 4.78 is 12.6. The predicted molar refractivity (Wildman–Crippen MR) is 237 cm³/mol. The molecule has 2 atom stereocenters. The van der Waals surface area contributed by atoms with Gasteiger partial charge in [-0.25, -0.2) is 0 Å². The lowest BCUT2D eigenvalue weighted by atomic mass is 9.72. The van der Waals surface area contributed by atoms with E-state index >= 15 is 0 Å². The Hall–Kier alpha value is -1.74. The third-order valence-corrected chi connectivity index (χ3v) is 11.2. The minimum Gasteiger partial charge on any atom is -0.455 e. The first-order valence-electron chi connectivity index (χ1n) is 23.5. The quantitative estimate of drug-likeness (QED) is 0.0210. The molecule has 0 aliphatic carbocycles. The Bertz CT molecular complexity index is 956. The van der Waals surface area contributed by atoms with E-state index in [-0.39, 0.29) is 44.7 Å². The van der Waals surface area contributed by atoms with Crippen LogP contribution in [0, 0.1) is 5.41 Å². The van der Waals surface area contributed by atoms with Crippen LogP contribution in [0.5, 0.6) is 0 Å². The predicted octanol–water partition coefficient (Wildman–Crippen LogP) is 11.8. The molecule has 56 heavy (non-hydrogen) atoms. The van der Waals surface area contributed by atoms with Crippen LogP contribution in [0.4, 0.5) is 0 Å². The molecule has 0 aliphatic heterocycles. The maximum absolute atomic E-state index is 13.4. The lowest BCUT2D eigenvalue weighted by molar-refractivity contribution is -0.209. The highest BCUT2D eigenvalue weighted by molar-refractivity contribution is 5.71. The minimum absolute atomic E-state index is 0.117. The summed E-state index contributed by atoms with van der Waals surface area (Å²) in [6, 6.07) is 0. The molecule has 0 bridgehead atoms. The van der Waals surface area contributed by atoms with E-state index in [2.05, 4.69) is 48.8 Å². The van der Waals surface area contributed by atoms with Crippen molar-refractivity contribution in [1.82, 2.24) is 10.6 Å². The summed E-state index contributed by atoms with van der Waals surface area (Å²) in [5.74, 6) is -0.639. The van der Waals surface area contributed by atoms with Gasteiger partial charge in [0.25, 0.3) is 0 Å². The van der Waals surface area contributed by atoms with Crippen molar-refractivity contribution >= 4 is 11.9 Å². The zero-order chi connectivity index (χ0) is 41.6. The molecule has 0 aromatic carbocycles. The first kappa shape index (κ1) is 54.3. The largest absolute Gasteiger partial charge is 0.455 e. The number of hydrogen-bond donors (Lipinski definition) is 4. The molecule has 0 aliphatic rings. The molecule has 8 heteroatoms. The average Bonchev–Trinajstić information content (AvgIpc) is 3.16. The number of aliphatic hydroxyl groups is 2. The highest BCUT2D eigenvalue weighted by Crippen LogP contribution is 2.40. The van der Waals surface area contributed by atoms with Crippen LogP contribution in [0.25, 0.3) is 0 Å². The number of ether oxygens (including phenoxy) is 2. The van der Waals surface area contributed by atoms with Crippen molar-refractivity contribution in [3.63, 3.8) is 0 Å². The van der Waals surface area contributed by atoms with E-state index in [1.54, 1.807) is 0 Å². The highest BCUT2D eigenvalue weighted by atomic mass is 16.6. The monoisotopic (exact) mass is 793 g/mol. The fourth-order valence-electron chi connectivity index (χ4n) is 7.03. The van der Waals surface area contributed by atoms with Crippen molar-refractivity contribution in [2.24, 2.45) is 5.41 Å². The number of carbonyl (C=O) groups excluding carboxylic acids is 2. The minimum atomic E-state index is -1.19. The topological polar surface area (TPSA) is 117 Å². The molecule has 0 fully saturated rings. The van der Waals surface area contributed by atoms with Crippen LogP contribution in [-0.4, -0.2) is 66.3 Å². The molecular formula is C48H92N2O6. The van der Waals surface area contributed by atoms with Crippen LogP contribution < -0.4 is 10.6 Å². The first-order valence-corrected chi connectivity index (χ1v) is 23.5. The van der Waals surface area contributed by atoms with Crippen molar-refractivity contribution in [2.75, 3.05) is 26.3 Å².